The zero-order chi connectivity index (χ0) is 18.8. The second-order valence-electron chi connectivity index (χ2n) is 6.12. The van der Waals surface area contributed by atoms with Gasteiger partial charge in [0, 0.05) is 29.6 Å². The van der Waals surface area contributed by atoms with E-state index in [1.165, 1.54) is 11.3 Å². The van der Waals surface area contributed by atoms with E-state index in [1.54, 1.807) is 0 Å². The normalized spacial score (nSPS) is 10.8. The Labute approximate surface area is 156 Å². The molecule has 0 amide bonds. The first-order valence-corrected chi connectivity index (χ1v) is 9.06. The van der Waals surface area contributed by atoms with Crippen molar-refractivity contribution in [3.8, 4) is 11.3 Å². The molecule has 0 aliphatic rings. The van der Waals surface area contributed by atoms with Crippen molar-refractivity contribution in [2.24, 2.45) is 7.05 Å². The predicted molar refractivity (Wildman–Crippen MR) is 102 cm³/mol. The maximum absolute atomic E-state index is 12.5. The van der Waals surface area contributed by atoms with Crippen LogP contribution in [0.4, 0.5) is 0 Å². The number of ketones is 1. The van der Waals surface area contributed by atoms with Crippen LogP contribution in [0.2, 0.25) is 0 Å². The number of ether oxygens (including phenoxy) is 1. The van der Waals surface area contributed by atoms with Crippen LogP contribution in [0.3, 0.4) is 0 Å². The Morgan fingerprint density at radius 2 is 1.85 bits per heavy atom. The van der Waals surface area contributed by atoms with E-state index in [0.717, 1.165) is 22.0 Å². The molecule has 0 atom stereocenters. The third kappa shape index (κ3) is 3.46. The Kier molecular flexibility index (Phi) is 5.04. The van der Waals surface area contributed by atoms with Crippen molar-refractivity contribution in [2.75, 3.05) is 6.61 Å². The van der Waals surface area contributed by atoms with Crippen molar-refractivity contribution in [2.45, 2.75) is 20.8 Å². The number of nitrogens with zero attached hydrogens (tertiary/aromatic N) is 2. The SMILES string of the molecule is Cc1nc(-c2ccccc2)c(C(=O)OCC(=O)c2cc(C)n(C)c2C)s1. The lowest BCUT2D eigenvalue weighted by atomic mass is 10.1. The van der Waals surface area contributed by atoms with E-state index in [4.69, 9.17) is 4.74 Å². The van der Waals surface area contributed by atoms with Gasteiger partial charge in [0.25, 0.3) is 0 Å². The number of Topliss-reactive ketones (excluding diaryl/α,β-unsaturated/α-hetero) is 1. The lowest BCUT2D eigenvalue weighted by Gasteiger charge is -2.05. The summed E-state index contributed by atoms with van der Waals surface area (Å²) in [6.07, 6.45) is 0. The molecular weight excluding hydrogens is 348 g/mol. The van der Waals surface area contributed by atoms with E-state index >= 15 is 0 Å². The van der Waals surface area contributed by atoms with E-state index in [2.05, 4.69) is 4.98 Å². The van der Waals surface area contributed by atoms with Gasteiger partial charge in [0.1, 0.15) is 4.88 Å². The standard InChI is InChI=1S/C20H20N2O3S/c1-12-10-16(13(2)22(12)4)17(23)11-25-20(24)19-18(21-14(3)26-19)15-8-6-5-7-9-15/h5-10H,11H2,1-4H3. The highest BCUT2D eigenvalue weighted by molar-refractivity contribution is 7.14. The van der Waals surface area contributed by atoms with Crippen LogP contribution >= 0.6 is 11.3 Å². The molecule has 3 aromatic rings. The summed E-state index contributed by atoms with van der Waals surface area (Å²) in [5.41, 5.74) is 3.88. The number of rotatable bonds is 5. The summed E-state index contributed by atoms with van der Waals surface area (Å²) in [6.45, 7) is 5.37. The van der Waals surface area contributed by atoms with E-state index in [1.807, 2.05) is 68.8 Å². The average Bonchev–Trinajstić information content (AvgIpc) is 3.15. The van der Waals surface area contributed by atoms with Crippen molar-refractivity contribution in [1.29, 1.82) is 0 Å². The molecular formula is C20H20N2O3S. The summed E-state index contributed by atoms with van der Waals surface area (Å²) in [5, 5.41) is 0.775. The van der Waals surface area contributed by atoms with Crippen LogP contribution < -0.4 is 0 Å². The Bertz CT molecular complexity index is 971. The molecule has 0 saturated heterocycles. The molecule has 0 spiro atoms. The molecule has 6 heteroatoms. The molecule has 134 valence electrons. The lowest BCUT2D eigenvalue weighted by molar-refractivity contribution is 0.0480. The van der Waals surface area contributed by atoms with Gasteiger partial charge < -0.3 is 9.30 Å². The van der Waals surface area contributed by atoms with Crippen LogP contribution in [0.1, 0.15) is 36.4 Å². The van der Waals surface area contributed by atoms with Gasteiger partial charge in [-0.1, -0.05) is 30.3 Å². The summed E-state index contributed by atoms with van der Waals surface area (Å²) in [5.74, 6) is -0.727. The molecule has 0 radical (unpaired) electrons. The highest BCUT2D eigenvalue weighted by Gasteiger charge is 2.22. The molecule has 1 aromatic carbocycles. The largest absolute Gasteiger partial charge is 0.453 e. The minimum absolute atomic E-state index is 0.206. The highest BCUT2D eigenvalue weighted by Crippen LogP contribution is 2.28. The van der Waals surface area contributed by atoms with E-state index in [-0.39, 0.29) is 12.4 Å². The molecule has 0 unspecified atom stereocenters. The smallest absolute Gasteiger partial charge is 0.351 e. The molecule has 0 bridgehead atoms. The van der Waals surface area contributed by atoms with Gasteiger partial charge in [-0.25, -0.2) is 9.78 Å². The average molecular weight is 368 g/mol. The van der Waals surface area contributed by atoms with Crippen molar-refractivity contribution in [3.05, 3.63) is 63.2 Å². The molecule has 2 aromatic heterocycles. The number of aryl methyl sites for hydroxylation is 2. The fourth-order valence-corrected chi connectivity index (χ4v) is 3.60. The lowest BCUT2D eigenvalue weighted by Crippen LogP contribution is -2.14. The van der Waals surface area contributed by atoms with E-state index in [0.29, 0.717) is 16.1 Å². The van der Waals surface area contributed by atoms with Gasteiger partial charge in [-0.3, -0.25) is 4.79 Å². The number of hydrogen-bond donors (Lipinski definition) is 0. The fourth-order valence-electron chi connectivity index (χ4n) is 2.77. The summed E-state index contributed by atoms with van der Waals surface area (Å²) >= 11 is 1.27. The first-order valence-electron chi connectivity index (χ1n) is 8.24. The molecule has 0 fully saturated rings. The zero-order valence-corrected chi connectivity index (χ0v) is 16.0. The number of thiazole rings is 1. The van der Waals surface area contributed by atoms with Crippen molar-refractivity contribution >= 4 is 23.1 Å². The molecule has 5 nitrogen and oxygen atoms in total. The summed E-state index contributed by atoms with van der Waals surface area (Å²) < 4.78 is 7.24. The van der Waals surface area contributed by atoms with Gasteiger partial charge >= 0.3 is 5.97 Å². The van der Waals surface area contributed by atoms with Gasteiger partial charge in [0.15, 0.2) is 6.61 Å². The van der Waals surface area contributed by atoms with Crippen LogP contribution in [0, 0.1) is 20.8 Å². The summed E-state index contributed by atoms with van der Waals surface area (Å²) in [4.78, 5) is 29.8. The Morgan fingerprint density at radius 1 is 1.15 bits per heavy atom. The van der Waals surface area contributed by atoms with Crippen LogP contribution in [-0.2, 0) is 11.8 Å². The minimum Gasteiger partial charge on any atom is -0.453 e. The predicted octanol–water partition coefficient (Wildman–Crippen LogP) is 4.11. The first kappa shape index (κ1) is 18.1. The van der Waals surface area contributed by atoms with Gasteiger partial charge in [0.05, 0.1) is 10.7 Å². The van der Waals surface area contributed by atoms with Gasteiger partial charge in [-0.2, -0.15) is 0 Å². The molecule has 0 N–H and O–H groups in total. The van der Waals surface area contributed by atoms with Crippen LogP contribution in [0.25, 0.3) is 11.3 Å². The number of hydrogen-bond acceptors (Lipinski definition) is 5. The maximum atomic E-state index is 12.5. The van der Waals surface area contributed by atoms with Crippen LogP contribution in [0.15, 0.2) is 36.4 Å². The Hall–Kier alpha value is -2.73. The fraction of sp³-hybridized carbons (Fsp3) is 0.250. The second kappa shape index (κ2) is 7.25. The van der Waals surface area contributed by atoms with Gasteiger partial charge in [-0.15, -0.1) is 11.3 Å². The topological polar surface area (TPSA) is 61.2 Å². The minimum atomic E-state index is -0.520. The summed E-state index contributed by atoms with van der Waals surface area (Å²) in [6, 6.07) is 11.3. The third-order valence-corrected chi connectivity index (χ3v) is 5.33. The maximum Gasteiger partial charge on any atom is 0.351 e. The Balaban J connectivity index is 1.77. The monoisotopic (exact) mass is 368 g/mol. The van der Waals surface area contributed by atoms with Crippen LogP contribution in [-0.4, -0.2) is 27.9 Å². The quantitative estimate of drug-likeness (QED) is 0.502. The van der Waals surface area contributed by atoms with Crippen molar-refractivity contribution in [3.63, 3.8) is 0 Å². The third-order valence-electron chi connectivity index (χ3n) is 4.38. The summed E-state index contributed by atoms with van der Waals surface area (Å²) in [7, 11) is 1.90. The second-order valence-corrected chi connectivity index (χ2v) is 7.32. The number of aromatic nitrogens is 2. The molecule has 0 aliphatic heterocycles. The number of benzene rings is 1. The number of carbonyl (C=O) groups excluding carboxylic acids is 2. The van der Waals surface area contributed by atoms with E-state index in [9.17, 15) is 9.59 Å². The molecule has 3 rings (SSSR count). The molecule has 0 aliphatic carbocycles. The molecule has 0 saturated carbocycles. The molecule has 26 heavy (non-hydrogen) atoms. The van der Waals surface area contributed by atoms with Gasteiger partial charge in [-0.05, 0) is 26.8 Å². The molecule has 2 heterocycles. The highest BCUT2D eigenvalue weighted by atomic mass is 32.1. The first-order chi connectivity index (χ1) is 12.4. The number of esters is 1. The Morgan fingerprint density at radius 3 is 2.46 bits per heavy atom. The van der Waals surface area contributed by atoms with E-state index < -0.39 is 5.97 Å². The zero-order valence-electron chi connectivity index (χ0n) is 15.2. The number of carbonyl (C=O) groups is 2. The van der Waals surface area contributed by atoms with Crippen molar-refractivity contribution < 1.29 is 14.3 Å². The van der Waals surface area contributed by atoms with Crippen LogP contribution in [0.5, 0.6) is 0 Å². The van der Waals surface area contributed by atoms with Crippen molar-refractivity contribution in [1.82, 2.24) is 9.55 Å². The van der Waals surface area contributed by atoms with Gasteiger partial charge in [0.2, 0.25) is 5.78 Å².